The van der Waals surface area contributed by atoms with Gasteiger partial charge in [-0.15, -0.1) is 0 Å². The zero-order valence-corrected chi connectivity index (χ0v) is 18.0. The summed E-state index contributed by atoms with van der Waals surface area (Å²) in [6, 6.07) is 0.705. The Morgan fingerprint density at radius 2 is 1.50 bits per heavy atom. The van der Waals surface area contributed by atoms with Crippen LogP contribution in [0.25, 0.3) is 0 Å². The number of nitrogens with one attached hydrogen (secondary N) is 1. The van der Waals surface area contributed by atoms with E-state index in [1.807, 2.05) is 0 Å². The fraction of sp³-hybridized carbons (Fsp3) is 0.913. The maximum atomic E-state index is 12.7. The van der Waals surface area contributed by atoms with Crippen LogP contribution >= 0.6 is 0 Å². The van der Waals surface area contributed by atoms with E-state index in [1.54, 1.807) is 0 Å². The van der Waals surface area contributed by atoms with Crippen LogP contribution in [0.5, 0.6) is 0 Å². The van der Waals surface area contributed by atoms with Gasteiger partial charge in [-0.25, -0.2) is 0 Å². The molecule has 3 fully saturated rings. The molecule has 5 heteroatoms. The summed E-state index contributed by atoms with van der Waals surface area (Å²) in [5.74, 6) is 1.28. The molecule has 1 aliphatic heterocycles. The third-order valence-electron chi connectivity index (χ3n) is 7.34. The molecule has 0 aromatic carbocycles. The number of carbonyl (C=O) groups is 2. The van der Waals surface area contributed by atoms with Gasteiger partial charge in [0.25, 0.3) is 0 Å². The standard InChI is InChI=1S/C23H41N3O2/c1-25(21-10-6-3-7-11-21)17-14-24-22(27)18-19-12-15-26(16-13-19)23(28)20-8-4-2-5-9-20/h19-21H,2-18H2,1H3,(H,24,27). The van der Waals surface area contributed by atoms with Crippen molar-refractivity contribution in [3.05, 3.63) is 0 Å². The summed E-state index contributed by atoms with van der Waals surface area (Å²) in [5.41, 5.74) is 0. The molecule has 0 atom stereocenters. The largest absolute Gasteiger partial charge is 0.355 e. The van der Waals surface area contributed by atoms with Crippen molar-refractivity contribution in [1.82, 2.24) is 15.1 Å². The Morgan fingerprint density at radius 1 is 0.893 bits per heavy atom. The van der Waals surface area contributed by atoms with Gasteiger partial charge in [-0.2, -0.15) is 0 Å². The first-order valence-corrected chi connectivity index (χ1v) is 11.9. The van der Waals surface area contributed by atoms with E-state index in [0.29, 0.717) is 24.3 Å². The molecule has 0 aromatic heterocycles. The second kappa shape index (κ2) is 11.2. The van der Waals surface area contributed by atoms with E-state index in [4.69, 9.17) is 0 Å². The molecule has 1 N–H and O–H groups in total. The molecular formula is C23H41N3O2. The molecule has 2 aliphatic carbocycles. The first-order valence-electron chi connectivity index (χ1n) is 11.9. The number of nitrogens with zero attached hydrogens (tertiary/aromatic N) is 2. The number of hydrogen-bond donors (Lipinski definition) is 1. The summed E-state index contributed by atoms with van der Waals surface area (Å²) in [5, 5.41) is 3.12. The number of hydrogen-bond acceptors (Lipinski definition) is 3. The van der Waals surface area contributed by atoms with Crippen LogP contribution in [0.4, 0.5) is 0 Å². The van der Waals surface area contributed by atoms with Crippen molar-refractivity contribution in [2.45, 2.75) is 89.5 Å². The number of carbonyl (C=O) groups excluding carboxylic acids is 2. The lowest BCUT2D eigenvalue weighted by Crippen LogP contribution is -2.43. The summed E-state index contributed by atoms with van der Waals surface area (Å²) in [7, 11) is 2.20. The molecule has 2 saturated carbocycles. The zero-order chi connectivity index (χ0) is 19.8. The third-order valence-corrected chi connectivity index (χ3v) is 7.34. The molecule has 0 radical (unpaired) electrons. The van der Waals surface area contributed by atoms with Crippen molar-refractivity contribution in [2.75, 3.05) is 33.2 Å². The van der Waals surface area contributed by atoms with E-state index in [2.05, 4.69) is 22.2 Å². The SMILES string of the molecule is CN(CCNC(=O)CC1CCN(C(=O)C2CCCCC2)CC1)C1CCCCC1. The van der Waals surface area contributed by atoms with Crippen molar-refractivity contribution >= 4 is 11.8 Å². The van der Waals surface area contributed by atoms with Gasteiger partial charge < -0.3 is 15.1 Å². The highest BCUT2D eigenvalue weighted by Crippen LogP contribution is 2.28. The topological polar surface area (TPSA) is 52.7 Å². The Morgan fingerprint density at radius 3 is 2.14 bits per heavy atom. The van der Waals surface area contributed by atoms with E-state index in [0.717, 1.165) is 51.9 Å². The summed E-state index contributed by atoms with van der Waals surface area (Å²) >= 11 is 0. The van der Waals surface area contributed by atoms with Crippen LogP contribution in [0.15, 0.2) is 0 Å². The molecule has 0 spiro atoms. The summed E-state index contributed by atoms with van der Waals surface area (Å²) in [6.07, 6.45) is 15.2. The first-order chi connectivity index (χ1) is 13.6. The van der Waals surface area contributed by atoms with Gasteiger partial charge in [-0.1, -0.05) is 38.5 Å². The van der Waals surface area contributed by atoms with Gasteiger partial charge in [0, 0.05) is 44.6 Å². The minimum Gasteiger partial charge on any atom is -0.355 e. The highest BCUT2D eigenvalue weighted by molar-refractivity contribution is 5.79. The molecule has 1 saturated heterocycles. The van der Waals surface area contributed by atoms with Crippen LogP contribution in [0.3, 0.4) is 0 Å². The van der Waals surface area contributed by atoms with Crippen molar-refractivity contribution < 1.29 is 9.59 Å². The predicted octanol–water partition coefficient (Wildman–Crippen LogP) is 3.58. The highest BCUT2D eigenvalue weighted by atomic mass is 16.2. The lowest BCUT2D eigenvalue weighted by molar-refractivity contribution is -0.138. The highest BCUT2D eigenvalue weighted by Gasteiger charge is 2.29. The van der Waals surface area contributed by atoms with Gasteiger partial charge in [0.05, 0.1) is 0 Å². The molecule has 0 bridgehead atoms. The molecule has 2 amide bonds. The Labute approximate surface area is 171 Å². The van der Waals surface area contributed by atoms with Crippen LogP contribution < -0.4 is 5.32 Å². The number of rotatable bonds is 7. The van der Waals surface area contributed by atoms with Crippen molar-refractivity contribution in [3.8, 4) is 0 Å². The average molecular weight is 392 g/mol. The Kier molecular flexibility index (Phi) is 8.63. The van der Waals surface area contributed by atoms with Crippen LogP contribution in [-0.2, 0) is 9.59 Å². The van der Waals surface area contributed by atoms with E-state index >= 15 is 0 Å². The van der Waals surface area contributed by atoms with Crippen molar-refractivity contribution in [1.29, 1.82) is 0 Å². The second-order valence-corrected chi connectivity index (χ2v) is 9.43. The second-order valence-electron chi connectivity index (χ2n) is 9.43. The van der Waals surface area contributed by atoms with Gasteiger partial charge >= 0.3 is 0 Å². The maximum absolute atomic E-state index is 12.7. The van der Waals surface area contributed by atoms with E-state index in [9.17, 15) is 9.59 Å². The molecule has 3 rings (SSSR count). The van der Waals surface area contributed by atoms with Gasteiger partial charge in [0.15, 0.2) is 0 Å². The quantitative estimate of drug-likeness (QED) is 0.722. The number of piperidine rings is 1. The van der Waals surface area contributed by atoms with Crippen molar-refractivity contribution in [3.63, 3.8) is 0 Å². The van der Waals surface area contributed by atoms with Crippen molar-refractivity contribution in [2.24, 2.45) is 11.8 Å². The molecule has 0 aromatic rings. The minimum atomic E-state index is 0.189. The molecule has 5 nitrogen and oxygen atoms in total. The lowest BCUT2D eigenvalue weighted by Gasteiger charge is -2.35. The van der Waals surface area contributed by atoms with Gasteiger partial charge in [-0.3, -0.25) is 9.59 Å². The zero-order valence-electron chi connectivity index (χ0n) is 18.0. The molecule has 1 heterocycles. The molecule has 160 valence electrons. The van der Waals surface area contributed by atoms with Crippen LogP contribution in [0.2, 0.25) is 0 Å². The average Bonchev–Trinajstić information content (AvgIpc) is 2.75. The van der Waals surface area contributed by atoms with Crippen LogP contribution in [0.1, 0.15) is 83.5 Å². The molecule has 3 aliphatic rings. The van der Waals surface area contributed by atoms with Gasteiger partial charge in [0.1, 0.15) is 0 Å². The number of likely N-dealkylation sites (N-methyl/N-ethyl adjacent to an activating group) is 1. The molecule has 28 heavy (non-hydrogen) atoms. The van der Waals surface area contributed by atoms with Crippen LogP contribution in [0, 0.1) is 11.8 Å². The lowest BCUT2D eigenvalue weighted by atomic mass is 9.87. The van der Waals surface area contributed by atoms with Gasteiger partial charge in [0.2, 0.25) is 11.8 Å². The summed E-state index contributed by atoms with van der Waals surface area (Å²) in [4.78, 5) is 29.5. The van der Waals surface area contributed by atoms with E-state index < -0.39 is 0 Å². The predicted molar refractivity (Wildman–Crippen MR) is 113 cm³/mol. The Hall–Kier alpha value is -1.10. The van der Waals surface area contributed by atoms with Gasteiger partial charge in [-0.05, 0) is 51.5 Å². The Bertz CT molecular complexity index is 490. The minimum absolute atomic E-state index is 0.189. The summed E-state index contributed by atoms with van der Waals surface area (Å²) < 4.78 is 0. The first kappa shape index (κ1) is 21.6. The summed E-state index contributed by atoms with van der Waals surface area (Å²) in [6.45, 7) is 3.39. The fourth-order valence-corrected chi connectivity index (χ4v) is 5.38. The smallest absolute Gasteiger partial charge is 0.225 e. The third kappa shape index (κ3) is 6.47. The van der Waals surface area contributed by atoms with Crippen LogP contribution in [-0.4, -0.2) is 60.9 Å². The fourth-order valence-electron chi connectivity index (χ4n) is 5.38. The number of amides is 2. The molecular weight excluding hydrogens is 350 g/mol. The molecule has 0 unspecified atom stereocenters. The maximum Gasteiger partial charge on any atom is 0.225 e. The van der Waals surface area contributed by atoms with E-state index in [-0.39, 0.29) is 11.8 Å². The van der Waals surface area contributed by atoms with E-state index in [1.165, 1.54) is 51.4 Å². The monoisotopic (exact) mass is 391 g/mol. The Balaban J connectivity index is 1.28. The normalized spacial score (nSPS) is 23.1. The number of likely N-dealkylation sites (tertiary alicyclic amines) is 1.